The number of benzene rings is 3. The molecule has 3 aromatic carbocycles. The lowest BCUT2D eigenvalue weighted by molar-refractivity contribution is 0.0322. The summed E-state index contributed by atoms with van der Waals surface area (Å²) < 4.78 is 23.7. The Morgan fingerprint density at radius 2 is 1.47 bits per heavy atom. The molecule has 6 rings (SSSR count). The number of rotatable bonds is 7. The minimum atomic E-state index is -0.227. The first kappa shape index (κ1) is 24.2. The second-order valence-electron chi connectivity index (χ2n) is 9.31. The number of nitrogens with zero attached hydrogens (tertiary/aromatic N) is 2. The number of hydrogen-bond donors (Lipinski definition) is 0. The van der Waals surface area contributed by atoms with Crippen LogP contribution in [0.2, 0.25) is 0 Å². The molecule has 2 aliphatic rings. The maximum Gasteiger partial charge on any atom is 0.263 e. The summed E-state index contributed by atoms with van der Waals surface area (Å²) in [6.07, 6.45) is 0. The number of ether oxygens (including phenoxy) is 4. The first-order valence-electron chi connectivity index (χ1n) is 12.6. The van der Waals surface area contributed by atoms with Crippen LogP contribution in [0.3, 0.4) is 0 Å². The maximum atomic E-state index is 14.0. The predicted molar refractivity (Wildman–Crippen MR) is 144 cm³/mol. The molecule has 0 spiro atoms. The number of pyridine rings is 1. The molecule has 1 aliphatic carbocycles. The lowest BCUT2D eigenvalue weighted by Gasteiger charge is -2.26. The van der Waals surface area contributed by atoms with Crippen molar-refractivity contribution in [3.63, 3.8) is 0 Å². The molecule has 2 heterocycles. The molecule has 0 radical (unpaired) electrons. The molecular weight excluding hydrogens is 484 g/mol. The van der Waals surface area contributed by atoms with E-state index in [2.05, 4.69) is 4.90 Å². The van der Waals surface area contributed by atoms with Crippen LogP contribution in [0.25, 0.3) is 27.7 Å². The van der Waals surface area contributed by atoms with E-state index in [1.54, 1.807) is 49.1 Å². The number of fused-ring (bicyclic) bond motifs is 5. The lowest BCUT2D eigenvalue weighted by atomic mass is 10.0. The third-order valence-electron chi connectivity index (χ3n) is 7.22. The molecule has 8 heteroatoms. The average Bonchev–Trinajstić information content (AvgIpc) is 3.25. The number of methoxy groups -OCH3 is 2. The SMILES string of the molecule is COc1ccc2c(c1)C(=O)c1c-2n(-c2ccc(OCCN3CCOCC3)cc2)c(=O)c2cc(OC)ccc12. The van der Waals surface area contributed by atoms with Crippen molar-refractivity contribution in [2.75, 3.05) is 53.7 Å². The van der Waals surface area contributed by atoms with Gasteiger partial charge in [0.25, 0.3) is 5.56 Å². The van der Waals surface area contributed by atoms with E-state index in [4.69, 9.17) is 18.9 Å². The molecule has 0 unspecified atom stereocenters. The normalized spacial score (nSPS) is 14.8. The van der Waals surface area contributed by atoms with Crippen LogP contribution in [0, 0.1) is 0 Å². The molecule has 0 saturated carbocycles. The Morgan fingerprint density at radius 3 is 2.21 bits per heavy atom. The third-order valence-corrected chi connectivity index (χ3v) is 7.22. The molecule has 1 fully saturated rings. The van der Waals surface area contributed by atoms with Gasteiger partial charge in [-0.2, -0.15) is 0 Å². The molecule has 0 N–H and O–H groups in total. The standard InChI is InChI=1S/C30H28N2O6/c1-35-21-8-10-24-25(17-21)29(33)27-23-9-7-22(36-2)18-26(23)30(34)32(28(24)27)19-3-5-20(6-4-19)38-16-13-31-11-14-37-15-12-31/h3-10,17-18H,11-16H2,1-2H3. The van der Waals surface area contributed by atoms with Gasteiger partial charge in [-0.15, -0.1) is 0 Å². The summed E-state index contributed by atoms with van der Waals surface area (Å²) in [7, 11) is 3.12. The Hall–Kier alpha value is -4.14. The minimum Gasteiger partial charge on any atom is -0.497 e. The smallest absolute Gasteiger partial charge is 0.263 e. The number of carbonyl (C=O) groups is 1. The van der Waals surface area contributed by atoms with E-state index in [1.807, 2.05) is 30.3 Å². The number of hydrogen-bond acceptors (Lipinski definition) is 7. The van der Waals surface area contributed by atoms with Crippen LogP contribution in [-0.4, -0.2) is 68.9 Å². The van der Waals surface area contributed by atoms with E-state index in [9.17, 15) is 9.59 Å². The maximum absolute atomic E-state index is 14.0. The molecule has 4 aromatic rings. The zero-order valence-electron chi connectivity index (χ0n) is 21.4. The molecule has 0 bridgehead atoms. The van der Waals surface area contributed by atoms with Crippen molar-refractivity contribution in [1.29, 1.82) is 0 Å². The highest BCUT2D eigenvalue weighted by atomic mass is 16.5. The minimum absolute atomic E-state index is 0.138. The van der Waals surface area contributed by atoms with E-state index in [-0.39, 0.29) is 11.3 Å². The second kappa shape index (κ2) is 9.96. The van der Waals surface area contributed by atoms with Gasteiger partial charge in [-0.25, -0.2) is 0 Å². The summed E-state index contributed by atoms with van der Waals surface area (Å²) in [6.45, 7) is 4.72. The molecule has 38 heavy (non-hydrogen) atoms. The zero-order chi connectivity index (χ0) is 26.2. The van der Waals surface area contributed by atoms with Gasteiger partial charge >= 0.3 is 0 Å². The number of carbonyl (C=O) groups excluding carboxylic acids is 1. The fraction of sp³-hybridized carbons (Fsp3) is 0.267. The summed E-state index contributed by atoms with van der Waals surface area (Å²) in [5, 5.41) is 1.02. The van der Waals surface area contributed by atoms with Crippen molar-refractivity contribution in [1.82, 2.24) is 9.47 Å². The largest absolute Gasteiger partial charge is 0.497 e. The first-order valence-corrected chi connectivity index (χ1v) is 12.6. The van der Waals surface area contributed by atoms with Crippen molar-refractivity contribution < 1.29 is 23.7 Å². The van der Waals surface area contributed by atoms with Crippen molar-refractivity contribution in [3.05, 3.63) is 82.1 Å². The Labute approximate surface area is 219 Å². The molecule has 1 aliphatic heterocycles. The van der Waals surface area contributed by atoms with Crippen molar-refractivity contribution >= 4 is 16.6 Å². The number of aromatic nitrogens is 1. The van der Waals surface area contributed by atoms with Crippen LogP contribution in [0.5, 0.6) is 17.2 Å². The van der Waals surface area contributed by atoms with Gasteiger partial charge in [-0.3, -0.25) is 19.1 Å². The van der Waals surface area contributed by atoms with E-state index in [0.717, 1.165) is 38.6 Å². The van der Waals surface area contributed by atoms with Crippen molar-refractivity contribution in [3.8, 4) is 34.2 Å². The van der Waals surface area contributed by atoms with Crippen LogP contribution in [0.1, 0.15) is 15.9 Å². The topological polar surface area (TPSA) is 79.2 Å². The monoisotopic (exact) mass is 512 g/mol. The Balaban J connectivity index is 1.42. The van der Waals surface area contributed by atoms with Gasteiger partial charge in [0.05, 0.1) is 44.1 Å². The fourth-order valence-electron chi connectivity index (χ4n) is 5.23. The van der Waals surface area contributed by atoms with Crippen molar-refractivity contribution in [2.24, 2.45) is 0 Å². The van der Waals surface area contributed by atoms with E-state index >= 15 is 0 Å². The van der Waals surface area contributed by atoms with Gasteiger partial charge in [0.1, 0.15) is 23.9 Å². The summed E-state index contributed by atoms with van der Waals surface area (Å²) >= 11 is 0. The third kappa shape index (κ3) is 4.12. The molecule has 1 aromatic heterocycles. The summed E-state index contributed by atoms with van der Waals surface area (Å²) in [4.78, 5) is 30.0. The summed E-state index contributed by atoms with van der Waals surface area (Å²) in [5.74, 6) is 1.72. The van der Waals surface area contributed by atoms with Gasteiger partial charge < -0.3 is 18.9 Å². The van der Waals surface area contributed by atoms with E-state index < -0.39 is 0 Å². The van der Waals surface area contributed by atoms with E-state index in [1.165, 1.54) is 0 Å². The molecule has 0 atom stereocenters. The molecular formula is C30H28N2O6. The van der Waals surface area contributed by atoms with E-state index in [0.29, 0.717) is 57.0 Å². The highest BCUT2D eigenvalue weighted by molar-refractivity contribution is 6.27. The predicted octanol–water partition coefficient (Wildman–Crippen LogP) is 3.93. The highest BCUT2D eigenvalue weighted by Gasteiger charge is 2.33. The molecule has 1 saturated heterocycles. The van der Waals surface area contributed by atoms with Gasteiger partial charge in [0.15, 0.2) is 5.78 Å². The first-order chi connectivity index (χ1) is 18.6. The Morgan fingerprint density at radius 1 is 0.789 bits per heavy atom. The fourth-order valence-corrected chi connectivity index (χ4v) is 5.23. The van der Waals surface area contributed by atoms with Gasteiger partial charge in [-0.05, 0) is 60.7 Å². The highest BCUT2D eigenvalue weighted by Crippen LogP contribution is 2.42. The molecule has 194 valence electrons. The summed E-state index contributed by atoms with van der Waals surface area (Å²) in [6, 6.07) is 18.0. The van der Waals surface area contributed by atoms with Crippen LogP contribution in [0.4, 0.5) is 0 Å². The van der Waals surface area contributed by atoms with Gasteiger partial charge in [0.2, 0.25) is 0 Å². The van der Waals surface area contributed by atoms with Gasteiger partial charge in [-0.1, -0.05) is 0 Å². The van der Waals surface area contributed by atoms with Crippen LogP contribution < -0.4 is 19.8 Å². The zero-order valence-corrected chi connectivity index (χ0v) is 21.4. The van der Waals surface area contributed by atoms with Crippen LogP contribution in [0.15, 0.2) is 65.5 Å². The Bertz CT molecular complexity index is 1590. The second-order valence-corrected chi connectivity index (χ2v) is 9.31. The van der Waals surface area contributed by atoms with Crippen LogP contribution in [-0.2, 0) is 4.74 Å². The molecule has 0 amide bonds. The summed E-state index contributed by atoms with van der Waals surface area (Å²) in [5.41, 5.74) is 2.71. The Kier molecular flexibility index (Phi) is 6.35. The quantitative estimate of drug-likeness (QED) is 0.327. The number of ketones is 1. The van der Waals surface area contributed by atoms with Gasteiger partial charge in [0, 0.05) is 41.8 Å². The number of morpholine rings is 1. The van der Waals surface area contributed by atoms with Crippen LogP contribution >= 0.6 is 0 Å². The molecule has 8 nitrogen and oxygen atoms in total. The lowest BCUT2D eigenvalue weighted by Crippen LogP contribution is -2.38. The average molecular weight is 513 g/mol. The van der Waals surface area contributed by atoms with Crippen molar-refractivity contribution in [2.45, 2.75) is 0 Å².